The molecule has 2 heterocycles. The molecule has 100 valence electrons. The number of ether oxygens (including phenoxy) is 1. The van der Waals surface area contributed by atoms with E-state index >= 15 is 0 Å². The molecule has 4 heteroatoms. The minimum atomic E-state index is -0.178. The molecule has 1 aliphatic rings. The summed E-state index contributed by atoms with van der Waals surface area (Å²) in [6.07, 6.45) is 2.59. The Morgan fingerprint density at radius 2 is 2.28 bits per heavy atom. The summed E-state index contributed by atoms with van der Waals surface area (Å²) in [6.45, 7) is 7.67. The Morgan fingerprint density at radius 3 is 2.89 bits per heavy atom. The third-order valence-corrected chi connectivity index (χ3v) is 4.44. The van der Waals surface area contributed by atoms with Crippen LogP contribution in [0.2, 0.25) is 0 Å². The van der Waals surface area contributed by atoms with Crippen LogP contribution < -0.4 is 4.90 Å². The monoisotopic (exact) mass is 268 g/mol. The van der Waals surface area contributed by atoms with Crippen LogP contribution in [-0.2, 0) is 4.74 Å². The molecule has 0 spiro atoms. The molecule has 0 aromatic carbocycles. The second kappa shape index (κ2) is 6.34. The Bertz CT molecular complexity index is 369. The summed E-state index contributed by atoms with van der Waals surface area (Å²) < 4.78 is 5.47. The SMILES string of the molecule is CC1CC[NH+](C[C@H](C)OC(=O)c2cccs2)CC1. The van der Waals surface area contributed by atoms with Crippen molar-refractivity contribution in [3.05, 3.63) is 22.4 Å². The molecule has 1 aliphatic heterocycles. The first-order chi connectivity index (χ1) is 8.65. The summed E-state index contributed by atoms with van der Waals surface area (Å²) >= 11 is 1.44. The minimum absolute atomic E-state index is 0.00278. The van der Waals surface area contributed by atoms with Gasteiger partial charge < -0.3 is 9.64 Å². The standard InChI is InChI=1S/C14H21NO2S/c1-11-5-7-15(8-6-11)10-12(2)17-14(16)13-4-3-9-18-13/h3-4,9,11-12H,5-8,10H2,1-2H3/p+1/t12-/m0/s1. The van der Waals surface area contributed by atoms with Gasteiger partial charge in [0.25, 0.3) is 0 Å². The Labute approximate surface area is 113 Å². The maximum absolute atomic E-state index is 11.8. The molecule has 1 aromatic rings. The van der Waals surface area contributed by atoms with E-state index in [-0.39, 0.29) is 12.1 Å². The maximum atomic E-state index is 11.8. The van der Waals surface area contributed by atoms with E-state index < -0.39 is 0 Å². The highest BCUT2D eigenvalue weighted by atomic mass is 32.1. The summed E-state index contributed by atoms with van der Waals surface area (Å²) in [5, 5.41) is 1.90. The van der Waals surface area contributed by atoms with Gasteiger partial charge in [0, 0.05) is 0 Å². The normalized spacial score (nSPS) is 25.7. The van der Waals surface area contributed by atoms with E-state index in [1.54, 1.807) is 4.90 Å². The Hall–Kier alpha value is -0.870. The topological polar surface area (TPSA) is 30.7 Å². The summed E-state index contributed by atoms with van der Waals surface area (Å²) in [6, 6.07) is 3.69. The van der Waals surface area contributed by atoms with E-state index in [1.165, 1.54) is 37.3 Å². The highest BCUT2D eigenvalue weighted by molar-refractivity contribution is 7.11. The fraction of sp³-hybridized carbons (Fsp3) is 0.643. The lowest BCUT2D eigenvalue weighted by Crippen LogP contribution is -3.14. The van der Waals surface area contributed by atoms with Crippen LogP contribution in [-0.4, -0.2) is 31.7 Å². The summed E-state index contributed by atoms with van der Waals surface area (Å²) in [7, 11) is 0. The number of rotatable bonds is 4. The first-order valence-electron chi connectivity index (χ1n) is 6.73. The fourth-order valence-electron chi connectivity index (χ4n) is 2.46. The van der Waals surface area contributed by atoms with Crippen molar-refractivity contribution in [3.63, 3.8) is 0 Å². The lowest BCUT2D eigenvalue weighted by Gasteiger charge is -2.29. The van der Waals surface area contributed by atoms with Crippen LogP contribution in [0.15, 0.2) is 17.5 Å². The van der Waals surface area contributed by atoms with Gasteiger partial charge in [-0.3, -0.25) is 0 Å². The first-order valence-corrected chi connectivity index (χ1v) is 7.61. The van der Waals surface area contributed by atoms with Crippen molar-refractivity contribution in [3.8, 4) is 0 Å². The van der Waals surface area contributed by atoms with E-state index in [0.29, 0.717) is 4.88 Å². The highest BCUT2D eigenvalue weighted by Gasteiger charge is 2.22. The fourth-order valence-corrected chi connectivity index (χ4v) is 3.06. The van der Waals surface area contributed by atoms with Gasteiger partial charge >= 0.3 is 5.97 Å². The van der Waals surface area contributed by atoms with Crippen molar-refractivity contribution in [1.29, 1.82) is 0 Å². The minimum Gasteiger partial charge on any atom is -0.452 e. The number of carbonyl (C=O) groups is 1. The van der Waals surface area contributed by atoms with Crippen molar-refractivity contribution < 1.29 is 14.4 Å². The van der Waals surface area contributed by atoms with Crippen LogP contribution in [0.4, 0.5) is 0 Å². The van der Waals surface area contributed by atoms with Gasteiger partial charge in [0.15, 0.2) is 0 Å². The zero-order valence-electron chi connectivity index (χ0n) is 11.1. The predicted octanol–water partition coefficient (Wildman–Crippen LogP) is 1.61. The molecule has 0 aliphatic carbocycles. The van der Waals surface area contributed by atoms with Crippen molar-refractivity contribution >= 4 is 17.3 Å². The molecule has 1 aromatic heterocycles. The summed E-state index contributed by atoms with van der Waals surface area (Å²) in [5.74, 6) is 0.681. The smallest absolute Gasteiger partial charge is 0.348 e. The number of esters is 1. The van der Waals surface area contributed by atoms with E-state index in [9.17, 15) is 4.79 Å². The first kappa shape index (κ1) is 13.6. The molecule has 0 unspecified atom stereocenters. The van der Waals surface area contributed by atoms with Crippen LogP contribution in [0.3, 0.4) is 0 Å². The Balaban J connectivity index is 1.75. The summed E-state index contributed by atoms with van der Waals surface area (Å²) in [5.41, 5.74) is 0. The van der Waals surface area contributed by atoms with E-state index in [0.717, 1.165) is 12.5 Å². The largest absolute Gasteiger partial charge is 0.452 e. The molecule has 18 heavy (non-hydrogen) atoms. The van der Waals surface area contributed by atoms with Crippen LogP contribution in [0.25, 0.3) is 0 Å². The second-order valence-corrected chi connectivity index (χ2v) is 6.28. The third kappa shape index (κ3) is 3.82. The zero-order chi connectivity index (χ0) is 13.0. The van der Waals surface area contributed by atoms with Crippen molar-refractivity contribution in [2.75, 3.05) is 19.6 Å². The zero-order valence-corrected chi connectivity index (χ0v) is 12.0. The van der Waals surface area contributed by atoms with Gasteiger partial charge in [0.05, 0.1) is 13.1 Å². The average Bonchev–Trinajstić information content (AvgIpc) is 2.85. The lowest BCUT2D eigenvalue weighted by atomic mass is 9.99. The number of quaternary nitrogens is 1. The molecule has 0 bridgehead atoms. The molecular formula is C14H22NO2S+. The molecule has 0 radical (unpaired) electrons. The number of likely N-dealkylation sites (tertiary alicyclic amines) is 1. The average molecular weight is 268 g/mol. The van der Waals surface area contributed by atoms with Crippen molar-refractivity contribution in [2.45, 2.75) is 32.8 Å². The number of hydrogen-bond donors (Lipinski definition) is 1. The van der Waals surface area contributed by atoms with Crippen LogP contribution in [0, 0.1) is 5.92 Å². The quantitative estimate of drug-likeness (QED) is 0.841. The van der Waals surface area contributed by atoms with Crippen LogP contribution in [0.5, 0.6) is 0 Å². The Morgan fingerprint density at radius 1 is 1.56 bits per heavy atom. The van der Waals surface area contributed by atoms with Gasteiger partial charge in [0.1, 0.15) is 17.5 Å². The van der Waals surface area contributed by atoms with E-state index in [4.69, 9.17) is 4.74 Å². The van der Waals surface area contributed by atoms with Gasteiger partial charge in [-0.2, -0.15) is 0 Å². The van der Waals surface area contributed by atoms with Gasteiger partial charge in [-0.05, 0) is 37.1 Å². The van der Waals surface area contributed by atoms with E-state index in [1.807, 2.05) is 24.4 Å². The molecule has 1 N–H and O–H groups in total. The van der Waals surface area contributed by atoms with E-state index in [2.05, 4.69) is 6.92 Å². The summed E-state index contributed by atoms with van der Waals surface area (Å²) in [4.78, 5) is 14.1. The van der Waals surface area contributed by atoms with Gasteiger partial charge in [-0.15, -0.1) is 11.3 Å². The molecule has 2 rings (SSSR count). The molecule has 1 saturated heterocycles. The molecule has 0 amide bonds. The number of thiophene rings is 1. The number of nitrogens with one attached hydrogen (secondary N) is 1. The maximum Gasteiger partial charge on any atom is 0.348 e. The van der Waals surface area contributed by atoms with Gasteiger partial charge in [-0.1, -0.05) is 13.0 Å². The third-order valence-electron chi connectivity index (χ3n) is 3.59. The van der Waals surface area contributed by atoms with Crippen LogP contribution >= 0.6 is 11.3 Å². The molecule has 1 atom stereocenters. The van der Waals surface area contributed by atoms with Gasteiger partial charge in [-0.25, -0.2) is 4.79 Å². The molecule has 3 nitrogen and oxygen atoms in total. The predicted molar refractivity (Wildman–Crippen MR) is 73.2 cm³/mol. The molecule has 0 saturated carbocycles. The van der Waals surface area contributed by atoms with Crippen molar-refractivity contribution in [2.24, 2.45) is 5.92 Å². The van der Waals surface area contributed by atoms with Crippen molar-refractivity contribution in [1.82, 2.24) is 0 Å². The number of piperidine rings is 1. The van der Waals surface area contributed by atoms with Gasteiger partial charge in [0.2, 0.25) is 0 Å². The van der Waals surface area contributed by atoms with Crippen LogP contribution in [0.1, 0.15) is 36.4 Å². The highest BCUT2D eigenvalue weighted by Crippen LogP contribution is 2.11. The second-order valence-electron chi connectivity index (χ2n) is 5.33. The lowest BCUT2D eigenvalue weighted by molar-refractivity contribution is -0.908. The Kier molecular flexibility index (Phi) is 4.78. The molecular weight excluding hydrogens is 246 g/mol. The molecule has 1 fully saturated rings. The number of hydrogen-bond acceptors (Lipinski definition) is 3. The number of carbonyl (C=O) groups excluding carboxylic acids is 1.